The molecule has 0 aliphatic rings. The van der Waals surface area contributed by atoms with Gasteiger partial charge in [-0.2, -0.15) is 0 Å². The van der Waals surface area contributed by atoms with Gasteiger partial charge in [0, 0.05) is 11.4 Å². The summed E-state index contributed by atoms with van der Waals surface area (Å²) in [5.74, 6) is 0.477. The van der Waals surface area contributed by atoms with Crippen molar-refractivity contribution in [2.24, 2.45) is 0 Å². The van der Waals surface area contributed by atoms with Crippen LogP contribution in [0.25, 0.3) is 0 Å². The van der Waals surface area contributed by atoms with Gasteiger partial charge in [0.1, 0.15) is 12.0 Å². The molecule has 0 unspecified atom stereocenters. The Morgan fingerprint density at radius 1 is 1.06 bits per heavy atom. The number of rotatable bonds is 2. The molecule has 0 spiro atoms. The van der Waals surface area contributed by atoms with Crippen LogP contribution in [0, 0.1) is 0 Å². The van der Waals surface area contributed by atoms with E-state index < -0.39 is 0 Å². The molecule has 1 heterocycles. The van der Waals surface area contributed by atoms with Crippen LogP contribution in [0.3, 0.4) is 0 Å². The third kappa shape index (κ3) is 2.14. The highest BCUT2D eigenvalue weighted by molar-refractivity contribution is 6.32. The van der Waals surface area contributed by atoms with Gasteiger partial charge in [-0.3, -0.25) is 0 Å². The van der Waals surface area contributed by atoms with Crippen LogP contribution < -0.4 is 16.8 Å². The maximum Gasteiger partial charge on any atom is 0.158 e. The van der Waals surface area contributed by atoms with Crippen molar-refractivity contribution < 1.29 is 0 Å². The molecule has 0 amide bonds. The molecule has 16 heavy (non-hydrogen) atoms. The first kappa shape index (κ1) is 10.5. The molecule has 0 aliphatic heterocycles. The van der Waals surface area contributed by atoms with Crippen LogP contribution in [0.4, 0.5) is 22.9 Å². The van der Waals surface area contributed by atoms with Crippen molar-refractivity contribution in [2.45, 2.75) is 0 Å². The van der Waals surface area contributed by atoms with E-state index in [-0.39, 0.29) is 5.15 Å². The summed E-state index contributed by atoms with van der Waals surface area (Å²) in [5, 5.41) is 3.25. The van der Waals surface area contributed by atoms with Crippen molar-refractivity contribution in [2.75, 3.05) is 16.8 Å². The zero-order valence-electron chi connectivity index (χ0n) is 8.31. The fourth-order valence-electron chi connectivity index (χ4n) is 1.18. The number of hydrogen-bond donors (Lipinski definition) is 3. The van der Waals surface area contributed by atoms with Gasteiger partial charge in [-0.15, -0.1) is 0 Å². The minimum Gasteiger partial charge on any atom is -0.399 e. The number of halogens is 1. The highest BCUT2D eigenvalue weighted by atomic mass is 35.5. The number of aromatic nitrogens is 2. The highest BCUT2D eigenvalue weighted by Gasteiger charge is 2.05. The summed E-state index contributed by atoms with van der Waals surface area (Å²) in [7, 11) is 0. The van der Waals surface area contributed by atoms with Crippen molar-refractivity contribution >= 4 is 34.5 Å². The summed E-state index contributed by atoms with van der Waals surface area (Å²) in [6.45, 7) is 0. The van der Waals surface area contributed by atoms with Crippen molar-refractivity contribution in [3.63, 3.8) is 0 Å². The lowest BCUT2D eigenvalue weighted by Gasteiger charge is -2.08. The van der Waals surface area contributed by atoms with E-state index in [4.69, 9.17) is 23.1 Å². The van der Waals surface area contributed by atoms with Gasteiger partial charge in [0.2, 0.25) is 0 Å². The molecule has 0 atom stereocenters. The lowest BCUT2D eigenvalue weighted by atomic mass is 10.3. The number of benzene rings is 1. The Hall–Kier alpha value is -2.01. The molecule has 0 radical (unpaired) electrons. The molecule has 0 fully saturated rings. The number of anilines is 4. The topological polar surface area (TPSA) is 89.8 Å². The molecule has 0 bridgehead atoms. The minimum absolute atomic E-state index is 0.230. The molecular formula is C10H10ClN5. The quantitative estimate of drug-likeness (QED) is 0.547. The van der Waals surface area contributed by atoms with Gasteiger partial charge in [0.15, 0.2) is 11.0 Å². The number of hydrogen-bond acceptors (Lipinski definition) is 5. The molecule has 0 saturated carbocycles. The number of nitrogens with one attached hydrogen (secondary N) is 1. The van der Waals surface area contributed by atoms with E-state index >= 15 is 0 Å². The number of nitrogen functional groups attached to an aromatic ring is 2. The molecule has 2 aromatic rings. The summed E-state index contributed by atoms with van der Waals surface area (Å²) in [5.41, 5.74) is 13.1. The standard InChI is InChI=1S/C10H10ClN5/c11-9-8(13)10(15-5-14-9)16-7-3-1-6(12)2-4-7/h1-5H,12-13H2,(H,14,15,16). The first-order valence-corrected chi connectivity index (χ1v) is 4.93. The summed E-state index contributed by atoms with van der Waals surface area (Å²) in [6, 6.07) is 7.21. The monoisotopic (exact) mass is 235 g/mol. The largest absolute Gasteiger partial charge is 0.399 e. The first-order valence-electron chi connectivity index (χ1n) is 4.55. The van der Waals surface area contributed by atoms with E-state index in [2.05, 4.69) is 15.3 Å². The summed E-state index contributed by atoms with van der Waals surface area (Å²) in [4.78, 5) is 7.76. The van der Waals surface area contributed by atoms with Gasteiger partial charge in [0.05, 0.1) is 0 Å². The van der Waals surface area contributed by atoms with Gasteiger partial charge in [-0.1, -0.05) is 11.6 Å². The van der Waals surface area contributed by atoms with E-state index in [0.29, 0.717) is 17.2 Å². The predicted molar refractivity (Wildman–Crippen MR) is 65.6 cm³/mol. The molecule has 2 rings (SSSR count). The fraction of sp³-hybridized carbons (Fsp3) is 0. The molecule has 5 N–H and O–H groups in total. The molecule has 5 nitrogen and oxygen atoms in total. The van der Waals surface area contributed by atoms with E-state index in [1.807, 2.05) is 12.1 Å². The van der Waals surface area contributed by atoms with Crippen molar-refractivity contribution in [1.82, 2.24) is 9.97 Å². The van der Waals surface area contributed by atoms with Gasteiger partial charge >= 0.3 is 0 Å². The van der Waals surface area contributed by atoms with E-state index in [0.717, 1.165) is 5.69 Å². The number of nitrogens with two attached hydrogens (primary N) is 2. The fourth-order valence-corrected chi connectivity index (χ4v) is 1.31. The highest BCUT2D eigenvalue weighted by Crippen LogP contribution is 2.25. The van der Waals surface area contributed by atoms with Gasteiger partial charge in [0.25, 0.3) is 0 Å². The van der Waals surface area contributed by atoms with E-state index in [1.165, 1.54) is 6.33 Å². The Kier molecular flexibility index (Phi) is 2.78. The molecule has 0 aliphatic carbocycles. The molecule has 1 aromatic carbocycles. The summed E-state index contributed by atoms with van der Waals surface area (Å²) in [6.07, 6.45) is 1.35. The zero-order chi connectivity index (χ0) is 11.5. The molecule has 1 aromatic heterocycles. The Morgan fingerprint density at radius 3 is 2.44 bits per heavy atom. The summed E-state index contributed by atoms with van der Waals surface area (Å²) >= 11 is 5.77. The smallest absolute Gasteiger partial charge is 0.158 e. The minimum atomic E-state index is 0.230. The van der Waals surface area contributed by atoms with Crippen LogP contribution in [-0.2, 0) is 0 Å². The second-order valence-electron chi connectivity index (χ2n) is 3.17. The van der Waals surface area contributed by atoms with Crippen LogP contribution in [0.1, 0.15) is 0 Å². The van der Waals surface area contributed by atoms with Crippen molar-refractivity contribution in [1.29, 1.82) is 0 Å². The lowest BCUT2D eigenvalue weighted by Crippen LogP contribution is -2.01. The molecule has 82 valence electrons. The predicted octanol–water partition coefficient (Wildman–Crippen LogP) is 2.04. The summed E-state index contributed by atoms with van der Waals surface area (Å²) < 4.78 is 0. The zero-order valence-corrected chi connectivity index (χ0v) is 9.07. The third-order valence-electron chi connectivity index (χ3n) is 2.01. The second kappa shape index (κ2) is 4.24. The Labute approximate surface area is 97.5 Å². The van der Waals surface area contributed by atoms with Crippen LogP contribution >= 0.6 is 11.6 Å². The second-order valence-corrected chi connectivity index (χ2v) is 3.53. The van der Waals surface area contributed by atoms with E-state index in [9.17, 15) is 0 Å². The molecular weight excluding hydrogens is 226 g/mol. The Morgan fingerprint density at radius 2 is 1.75 bits per heavy atom. The normalized spacial score (nSPS) is 10.1. The Bertz CT molecular complexity index is 497. The lowest BCUT2D eigenvalue weighted by molar-refractivity contribution is 1.17. The molecule has 0 saturated heterocycles. The van der Waals surface area contributed by atoms with Gasteiger partial charge < -0.3 is 16.8 Å². The SMILES string of the molecule is Nc1ccc(Nc2ncnc(Cl)c2N)cc1. The average Bonchev–Trinajstić information content (AvgIpc) is 2.28. The molecule has 6 heteroatoms. The van der Waals surface area contributed by atoms with Crippen LogP contribution in [0.5, 0.6) is 0 Å². The first-order chi connectivity index (χ1) is 7.66. The van der Waals surface area contributed by atoms with Crippen LogP contribution in [-0.4, -0.2) is 9.97 Å². The maximum absolute atomic E-state index is 5.77. The van der Waals surface area contributed by atoms with Gasteiger partial charge in [-0.25, -0.2) is 9.97 Å². The van der Waals surface area contributed by atoms with Gasteiger partial charge in [-0.05, 0) is 24.3 Å². The third-order valence-corrected chi connectivity index (χ3v) is 2.31. The Balaban J connectivity index is 2.27. The van der Waals surface area contributed by atoms with Crippen LogP contribution in [0.2, 0.25) is 5.15 Å². The van der Waals surface area contributed by atoms with E-state index in [1.54, 1.807) is 12.1 Å². The maximum atomic E-state index is 5.77. The van der Waals surface area contributed by atoms with Crippen LogP contribution in [0.15, 0.2) is 30.6 Å². The average molecular weight is 236 g/mol. The number of nitrogens with zero attached hydrogens (tertiary/aromatic N) is 2. The van der Waals surface area contributed by atoms with Crippen molar-refractivity contribution in [3.05, 3.63) is 35.7 Å². The van der Waals surface area contributed by atoms with Crippen molar-refractivity contribution in [3.8, 4) is 0 Å².